The number of rotatable bonds is 3. The van der Waals surface area contributed by atoms with Crippen LogP contribution in [-0.4, -0.2) is 0 Å². The van der Waals surface area contributed by atoms with Crippen molar-refractivity contribution in [2.45, 2.75) is 20.4 Å². The molecule has 0 saturated heterocycles. The van der Waals surface area contributed by atoms with E-state index in [1.807, 2.05) is 18.2 Å². The Morgan fingerprint density at radius 1 is 1.06 bits per heavy atom. The molecule has 0 fully saturated rings. The summed E-state index contributed by atoms with van der Waals surface area (Å²) in [6.07, 6.45) is 0. The lowest BCUT2D eigenvalue weighted by atomic mass is 10.1. The monoisotopic (exact) mass is 289 g/mol. The van der Waals surface area contributed by atoms with Gasteiger partial charge < -0.3 is 5.32 Å². The van der Waals surface area contributed by atoms with E-state index in [1.165, 1.54) is 16.7 Å². The molecule has 0 radical (unpaired) electrons. The first kappa shape index (κ1) is 12.2. The topological polar surface area (TPSA) is 12.0 Å². The number of hydrogen-bond acceptors (Lipinski definition) is 1. The summed E-state index contributed by atoms with van der Waals surface area (Å²) in [6, 6.07) is 14.7. The van der Waals surface area contributed by atoms with Crippen LogP contribution in [0.25, 0.3) is 0 Å². The molecule has 2 aromatic carbocycles. The van der Waals surface area contributed by atoms with Crippen LogP contribution in [0.3, 0.4) is 0 Å². The van der Waals surface area contributed by atoms with Crippen molar-refractivity contribution in [3.63, 3.8) is 0 Å². The molecular weight excluding hydrogens is 274 g/mol. The van der Waals surface area contributed by atoms with Gasteiger partial charge in [-0.3, -0.25) is 0 Å². The standard InChI is InChI=1S/C15H16BrN/c1-11-7-8-13(12(2)9-11)10-17-15-6-4-3-5-14(15)16/h3-9,17H,10H2,1-2H3. The van der Waals surface area contributed by atoms with E-state index in [0.717, 1.165) is 16.7 Å². The zero-order chi connectivity index (χ0) is 12.3. The number of benzene rings is 2. The SMILES string of the molecule is Cc1ccc(CNc2ccccc2Br)c(C)c1. The second kappa shape index (κ2) is 5.37. The van der Waals surface area contributed by atoms with Gasteiger partial charge in [-0.15, -0.1) is 0 Å². The van der Waals surface area contributed by atoms with Crippen molar-refractivity contribution in [2.24, 2.45) is 0 Å². The van der Waals surface area contributed by atoms with E-state index >= 15 is 0 Å². The summed E-state index contributed by atoms with van der Waals surface area (Å²) < 4.78 is 1.10. The molecule has 0 aromatic heterocycles. The van der Waals surface area contributed by atoms with Gasteiger partial charge in [0.25, 0.3) is 0 Å². The van der Waals surface area contributed by atoms with Crippen molar-refractivity contribution < 1.29 is 0 Å². The van der Waals surface area contributed by atoms with Crippen LogP contribution in [0.1, 0.15) is 16.7 Å². The first-order valence-corrected chi connectivity index (χ1v) is 6.50. The smallest absolute Gasteiger partial charge is 0.0487 e. The summed E-state index contributed by atoms with van der Waals surface area (Å²) in [7, 11) is 0. The average Bonchev–Trinajstić information content (AvgIpc) is 2.30. The molecule has 17 heavy (non-hydrogen) atoms. The van der Waals surface area contributed by atoms with Crippen LogP contribution in [0.15, 0.2) is 46.9 Å². The van der Waals surface area contributed by atoms with E-state index in [1.54, 1.807) is 0 Å². The van der Waals surface area contributed by atoms with Gasteiger partial charge in [0.2, 0.25) is 0 Å². The van der Waals surface area contributed by atoms with Crippen LogP contribution in [0.2, 0.25) is 0 Å². The Morgan fingerprint density at radius 3 is 2.53 bits per heavy atom. The van der Waals surface area contributed by atoms with Crippen molar-refractivity contribution in [2.75, 3.05) is 5.32 Å². The lowest BCUT2D eigenvalue weighted by molar-refractivity contribution is 1.11. The second-order valence-electron chi connectivity index (χ2n) is 4.26. The van der Waals surface area contributed by atoms with Gasteiger partial charge in [-0.25, -0.2) is 0 Å². The van der Waals surface area contributed by atoms with Gasteiger partial charge in [-0.1, -0.05) is 35.9 Å². The number of nitrogens with one attached hydrogen (secondary N) is 1. The molecule has 0 heterocycles. The maximum Gasteiger partial charge on any atom is 0.0487 e. The number of hydrogen-bond donors (Lipinski definition) is 1. The first-order valence-electron chi connectivity index (χ1n) is 5.71. The third kappa shape index (κ3) is 3.10. The van der Waals surface area contributed by atoms with Gasteiger partial charge in [0.15, 0.2) is 0 Å². The van der Waals surface area contributed by atoms with Crippen molar-refractivity contribution in [1.29, 1.82) is 0 Å². The van der Waals surface area contributed by atoms with Crippen LogP contribution in [-0.2, 0) is 6.54 Å². The van der Waals surface area contributed by atoms with E-state index in [9.17, 15) is 0 Å². The minimum Gasteiger partial charge on any atom is -0.380 e. The minimum atomic E-state index is 0.856. The molecular formula is C15H16BrN. The third-order valence-corrected chi connectivity index (χ3v) is 3.53. The summed E-state index contributed by atoms with van der Waals surface area (Å²) in [6.45, 7) is 5.14. The van der Waals surface area contributed by atoms with Crippen LogP contribution in [0.5, 0.6) is 0 Å². The highest BCUT2D eigenvalue weighted by molar-refractivity contribution is 9.10. The number of anilines is 1. The summed E-state index contributed by atoms with van der Waals surface area (Å²) in [5.74, 6) is 0. The zero-order valence-electron chi connectivity index (χ0n) is 10.1. The van der Waals surface area contributed by atoms with Gasteiger partial charge >= 0.3 is 0 Å². The lowest BCUT2D eigenvalue weighted by Crippen LogP contribution is -2.01. The minimum absolute atomic E-state index is 0.856. The average molecular weight is 290 g/mol. The maximum atomic E-state index is 3.54. The van der Waals surface area contributed by atoms with E-state index in [-0.39, 0.29) is 0 Å². The fourth-order valence-corrected chi connectivity index (χ4v) is 2.26. The third-order valence-electron chi connectivity index (χ3n) is 2.84. The lowest BCUT2D eigenvalue weighted by Gasteiger charge is -2.11. The van der Waals surface area contributed by atoms with E-state index in [4.69, 9.17) is 0 Å². The largest absolute Gasteiger partial charge is 0.380 e. The Balaban J connectivity index is 2.10. The molecule has 0 saturated carbocycles. The van der Waals surface area contributed by atoms with E-state index < -0.39 is 0 Å². The predicted octanol–water partition coefficient (Wildman–Crippen LogP) is 4.68. The molecule has 0 spiro atoms. The van der Waals surface area contributed by atoms with Crippen LogP contribution in [0.4, 0.5) is 5.69 Å². The Labute approximate surface area is 111 Å². The highest BCUT2D eigenvalue weighted by Crippen LogP contribution is 2.22. The summed E-state index contributed by atoms with van der Waals surface area (Å²) >= 11 is 3.54. The summed E-state index contributed by atoms with van der Waals surface area (Å²) in [5, 5.41) is 3.44. The Bertz CT molecular complexity index is 520. The van der Waals surface area contributed by atoms with Gasteiger partial charge in [0.1, 0.15) is 0 Å². The van der Waals surface area contributed by atoms with Gasteiger partial charge in [-0.2, -0.15) is 0 Å². The summed E-state index contributed by atoms with van der Waals surface area (Å²) in [4.78, 5) is 0. The fraction of sp³-hybridized carbons (Fsp3) is 0.200. The van der Waals surface area contributed by atoms with E-state index in [0.29, 0.717) is 0 Å². The van der Waals surface area contributed by atoms with Crippen LogP contribution >= 0.6 is 15.9 Å². The van der Waals surface area contributed by atoms with Gasteiger partial charge in [0.05, 0.1) is 0 Å². The molecule has 0 aliphatic heterocycles. The normalized spacial score (nSPS) is 10.3. The Hall–Kier alpha value is -1.28. The highest BCUT2D eigenvalue weighted by Gasteiger charge is 2.00. The molecule has 1 N–H and O–H groups in total. The molecule has 1 nitrogen and oxygen atoms in total. The molecule has 0 unspecified atom stereocenters. The molecule has 0 amide bonds. The molecule has 2 rings (SSSR count). The quantitative estimate of drug-likeness (QED) is 0.865. The molecule has 88 valence electrons. The van der Waals surface area contributed by atoms with Gasteiger partial charge in [-0.05, 0) is 53.0 Å². The van der Waals surface area contributed by atoms with Crippen molar-refractivity contribution in [3.8, 4) is 0 Å². The second-order valence-corrected chi connectivity index (χ2v) is 5.12. The molecule has 2 heteroatoms. The van der Waals surface area contributed by atoms with Gasteiger partial charge in [0, 0.05) is 16.7 Å². The van der Waals surface area contributed by atoms with E-state index in [2.05, 4.69) is 59.4 Å². The summed E-state index contributed by atoms with van der Waals surface area (Å²) in [5.41, 5.74) is 5.12. The van der Waals surface area contributed by atoms with Crippen molar-refractivity contribution in [1.82, 2.24) is 0 Å². The van der Waals surface area contributed by atoms with Crippen LogP contribution in [0, 0.1) is 13.8 Å². The fourth-order valence-electron chi connectivity index (χ4n) is 1.84. The Morgan fingerprint density at radius 2 is 1.82 bits per heavy atom. The number of aryl methyl sites for hydroxylation is 2. The van der Waals surface area contributed by atoms with Crippen molar-refractivity contribution in [3.05, 3.63) is 63.6 Å². The van der Waals surface area contributed by atoms with Crippen molar-refractivity contribution >= 4 is 21.6 Å². The first-order chi connectivity index (χ1) is 8.16. The molecule has 0 aliphatic rings. The molecule has 0 bridgehead atoms. The molecule has 0 atom stereocenters. The highest BCUT2D eigenvalue weighted by atomic mass is 79.9. The predicted molar refractivity (Wildman–Crippen MR) is 77.4 cm³/mol. The number of para-hydroxylation sites is 1. The molecule has 0 aliphatic carbocycles. The molecule has 2 aromatic rings. The maximum absolute atomic E-state index is 3.54. The number of halogens is 1. The Kier molecular flexibility index (Phi) is 3.85. The zero-order valence-corrected chi connectivity index (χ0v) is 11.7. The van der Waals surface area contributed by atoms with Crippen LogP contribution < -0.4 is 5.32 Å².